The van der Waals surface area contributed by atoms with Crippen molar-refractivity contribution in [2.75, 3.05) is 0 Å². The summed E-state index contributed by atoms with van der Waals surface area (Å²) in [7, 11) is 5.20. The van der Waals surface area contributed by atoms with Crippen LogP contribution < -0.4 is 0 Å². The molecule has 13 heavy (non-hydrogen) atoms. The van der Waals surface area contributed by atoms with Crippen LogP contribution in [0.25, 0.3) is 10.8 Å². The summed E-state index contributed by atoms with van der Waals surface area (Å²) in [4.78, 5) is 14.9. The van der Waals surface area contributed by atoms with Gasteiger partial charge in [0.05, 0.1) is 0 Å². The van der Waals surface area contributed by atoms with Gasteiger partial charge in [0.15, 0.2) is 7.85 Å². The lowest BCUT2D eigenvalue weighted by atomic mass is 9.92. The first-order valence-corrected chi connectivity index (χ1v) is 3.91. The molecule has 0 aliphatic carbocycles. The molecule has 3 heteroatoms. The van der Waals surface area contributed by atoms with Gasteiger partial charge in [-0.2, -0.15) is 0 Å². The van der Waals surface area contributed by atoms with Crippen molar-refractivity contribution in [3.63, 3.8) is 0 Å². The van der Waals surface area contributed by atoms with Crippen molar-refractivity contribution in [1.82, 2.24) is 4.98 Å². The highest BCUT2D eigenvalue weighted by Gasteiger charge is 2.03. The van der Waals surface area contributed by atoms with Gasteiger partial charge in [0.2, 0.25) is 0 Å². The molecule has 0 N–H and O–H groups in total. The molecule has 0 saturated heterocycles. The second-order valence-corrected chi connectivity index (χ2v) is 2.77. The molecule has 2 radical (unpaired) electrons. The number of hydrogen-bond acceptors (Lipinski definition) is 2. The van der Waals surface area contributed by atoms with E-state index in [0.29, 0.717) is 5.56 Å². The standard InChI is InChI=1S/C10H6BNO/c11-10(13)9-6-12-5-7-3-1-2-4-8(7)9/h1-6H. The van der Waals surface area contributed by atoms with Gasteiger partial charge in [-0.3, -0.25) is 4.98 Å². The second-order valence-electron chi connectivity index (χ2n) is 2.77. The van der Waals surface area contributed by atoms with Gasteiger partial charge < -0.3 is 4.79 Å². The summed E-state index contributed by atoms with van der Waals surface area (Å²) < 4.78 is 0. The van der Waals surface area contributed by atoms with Crippen LogP contribution >= 0.6 is 0 Å². The lowest BCUT2D eigenvalue weighted by Crippen LogP contribution is -1.98. The zero-order valence-electron chi connectivity index (χ0n) is 6.90. The summed E-state index contributed by atoms with van der Waals surface area (Å²) in [5.74, 6) is 0. The van der Waals surface area contributed by atoms with E-state index in [-0.39, 0.29) is 0 Å². The van der Waals surface area contributed by atoms with E-state index >= 15 is 0 Å². The predicted octanol–water partition coefficient (Wildman–Crippen LogP) is 1.54. The number of fused-ring (bicyclic) bond motifs is 1. The van der Waals surface area contributed by atoms with Crippen molar-refractivity contribution in [3.8, 4) is 0 Å². The van der Waals surface area contributed by atoms with Crippen LogP contribution in [0.15, 0.2) is 36.7 Å². The molecule has 0 spiro atoms. The molecular formula is C10H6BNO. The van der Waals surface area contributed by atoms with Crippen molar-refractivity contribution in [3.05, 3.63) is 42.2 Å². The Labute approximate surface area is 77.0 Å². The quantitative estimate of drug-likeness (QED) is 0.603. The van der Waals surface area contributed by atoms with Crippen LogP contribution in [0, 0.1) is 0 Å². The molecule has 0 bridgehead atoms. The second kappa shape index (κ2) is 3.01. The third kappa shape index (κ3) is 1.33. The Bertz CT molecular complexity index is 462. The number of hydrogen-bond donors (Lipinski definition) is 0. The first-order chi connectivity index (χ1) is 6.29. The highest BCUT2D eigenvalue weighted by atomic mass is 16.1. The fourth-order valence-electron chi connectivity index (χ4n) is 1.31. The van der Waals surface area contributed by atoms with Crippen molar-refractivity contribution in [2.24, 2.45) is 0 Å². The van der Waals surface area contributed by atoms with Gasteiger partial charge in [-0.1, -0.05) is 24.3 Å². The fourth-order valence-corrected chi connectivity index (χ4v) is 1.31. The SMILES string of the molecule is [B]C(=O)c1cncc2ccccc12. The molecule has 0 fully saturated rings. The normalized spacial score (nSPS) is 10.2. The van der Waals surface area contributed by atoms with Gasteiger partial charge in [-0.05, 0) is 5.39 Å². The molecule has 1 aromatic heterocycles. The number of carbonyl (C=O) groups excluding carboxylic acids is 1. The lowest BCUT2D eigenvalue weighted by molar-refractivity contribution is 0.108. The summed E-state index contributed by atoms with van der Waals surface area (Å²) in [6, 6.07) is 7.52. The van der Waals surface area contributed by atoms with E-state index in [1.807, 2.05) is 24.3 Å². The maximum Gasteiger partial charge on any atom is 0.175 e. The molecule has 0 unspecified atom stereocenters. The number of rotatable bonds is 1. The summed E-state index contributed by atoms with van der Waals surface area (Å²) in [5.41, 5.74) is 0.0300. The van der Waals surface area contributed by atoms with E-state index in [1.165, 1.54) is 6.20 Å². The molecule has 0 aliphatic rings. The van der Waals surface area contributed by atoms with Crippen molar-refractivity contribution in [2.45, 2.75) is 0 Å². The molecule has 0 saturated carbocycles. The Morgan fingerprint density at radius 3 is 2.77 bits per heavy atom. The third-order valence-corrected chi connectivity index (χ3v) is 1.93. The average Bonchev–Trinajstić information content (AvgIpc) is 2.17. The van der Waals surface area contributed by atoms with E-state index in [2.05, 4.69) is 4.98 Å². The van der Waals surface area contributed by atoms with Gasteiger partial charge in [0.1, 0.15) is 5.68 Å². The highest BCUT2D eigenvalue weighted by Crippen LogP contribution is 2.16. The average molecular weight is 167 g/mol. The number of aromatic nitrogens is 1. The molecule has 0 amide bonds. The maximum atomic E-state index is 11.0. The van der Waals surface area contributed by atoms with Crippen LogP contribution in [0.1, 0.15) is 10.4 Å². The molecular weight excluding hydrogens is 161 g/mol. The zero-order valence-corrected chi connectivity index (χ0v) is 6.90. The van der Waals surface area contributed by atoms with E-state index in [1.54, 1.807) is 6.20 Å². The third-order valence-electron chi connectivity index (χ3n) is 1.93. The van der Waals surface area contributed by atoms with E-state index in [9.17, 15) is 4.79 Å². The Balaban J connectivity index is 2.83. The predicted molar refractivity (Wildman–Crippen MR) is 51.8 cm³/mol. The Kier molecular flexibility index (Phi) is 1.85. The number of benzene rings is 1. The zero-order chi connectivity index (χ0) is 9.26. The molecule has 60 valence electrons. The topological polar surface area (TPSA) is 30.0 Å². The highest BCUT2D eigenvalue weighted by molar-refractivity contribution is 6.63. The fraction of sp³-hybridized carbons (Fsp3) is 0. The molecule has 2 aromatic rings. The molecule has 0 aliphatic heterocycles. The van der Waals surface area contributed by atoms with Crippen LogP contribution in [0.2, 0.25) is 0 Å². The van der Waals surface area contributed by atoms with Gasteiger partial charge in [-0.25, -0.2) is 0 Å². The minimum Gasteiger partial charge on any atom is -0.307 e. The van der Waals surface area contributed by atoms with Gasteiger partial charge in [0, 0.05) is 23.3 Å². The Morgan fingerprint density at radius 2 is 2.00 bits per heavy atom. The van der Waals surface area contributed by atoms with E-state index in [4.69, 9.17) is 7.85 Å². The number of pyridine rings is 1. The maximum absolute atomic E-state index is 11.0. The van der Waals surface area contributed by atoms with Crippen LogP contribution in [0.3, 0.4) is 0 Å². The molecule has 0 atom stereocenters. The number of nitrogens with zero attached hydrogens (tertiary/aromatic N) is 1. The first kappa shape index (κ1) is 7.99. The molecule has 1 aromatic carbocycles. The first-order valence-electron chi connectivity index (χ1n) is 3.91. The molecule has 2 nitrogen and oxygen atoms in total. The van der Waals surface area contributed by atoms with Crippen molar-refractivity contribution >= 4 is 24.3 Å². The van der Waals surface area contributed by atoms with E-state index in [0.717, 1.165) is 10.8 Å². The minimum absolute atomic E-state index is 0.440. The van der Waals surface area contributed by atoms with Crippen molar-refractivity contribution in [1.29, 1.82) is 0 Å². The number of carbonyl (C=O) groups is 1. The van der Waals surface area contributed by atoms with Crippen LogP contribution in [0.4, 0.5) is 0 Å². The summed E-state index contributed by atoms with van der Waals surface area (Å²) in [5, 5.41) is 1.78. The van der Waals surface area contributed by atoms with Gasteiger partial charge >= 0.3 is 0 Å². The van der Waals surface area contributed by atoms with Crippen LogP contribution in [-0.2, 0) is 0 Å². The summed E-state index contributed by atoms with van der Waals surface area (Å²) >= 11 is 0. The van der Waals surface area contributed by atoms with Gasteiger partial charge in [-0.15, -0.1) is 0 Å². The van der Waals surface area contributed by atoms with Gasteiger partial charge in [0.25, 0.3) is 0 Å². The Morgan fingerprint density at radius 1 is 1.23 bits per heavy atom. The molecule has 1 heterocycles. The summed E-state index contributed by atoms with van der Waals surface area (Å²) in [6.07, 6.45) is 3.20. The minimum atomic E-state index is -0.440. The Hall–Kier alpha value is -1.64. The summed E-state index contributed by atoms with van der Waals surface area (Å²) in [6.45, 7) is 0. The van der Waals surface area contributed by atoms with E-state index < -0.39 is 5.68 Å². The smallest absolute Gasteiger partial charge is 0.175 e. The van der Waals surface area contributed by atoms with Crippen molar-refractivity contribution < 1.29 is 4.79 Å². The van der Waals surface area contributed by atoms with Crippen LogP contribution in [0.5, 0.6) is 0 Å². The van der Waals surface area contributed by atoms with Crippen LogP contribution in [-0.4, -0.2) is 18.5 Å². The monoisotopic (exact) mass is 167 g/mol. The largest absolute Gasteiger partial charge is 0.307 e. The lowest BCUT2D eigenvalue weighted by Gasteiger charge is -2.01. The molecule has 2 rings (SSSR count).